The largest absolute Gasteiger partial charge is 0.434 e. The quantitative estimate of drug-likeness (QED) is 0.571. The molecule has 0 aromatic heterocycles. The maximum atomic E-state index is 14.3. The van der Waals surface area contributed by atoms with E-state index in [4.69, 9.17) is 0 Å². The Morgan fingerprint density at radius 3 is 2.06 bits per heavy atom. The first kappa shape index (κ1) is 25.4. The molecular weight excluding hydrogens is 459 g/mol. The first-order chi connectivity index (χ1) is 15.4. The first-order valence-corrected chi connectivity index (χ1v) is 10.7. The van der Waals surface area contributed by atoms with Crippen molar-refractivity contribution in [3.05, 3.63) is 29.1 Å². The molecule has 0 atom stereocenters. The molecule has 2 aliphatic heterocycles. The Balaban J connectivity index is 1.63. The third-order valence-corrected chi connectivity index (χ3v) is 5.89. The normalized spacial score (nSPS) is 18.7. The smallest absolute Gasteiger partial charge is 0.426 e. The van der Waals surface area contributed by atoms with Gasteiger partial charge in [0.1, 0.15) is 5.82 Å². The van der Waals surface area contributed by atoms with Gasteiger partial charge in [-0.05, 0) is 49.4 Å². The number of rotatable bonds is 4. The number of carbonyl (C=O) groups excluding carboxylic acids is 1. The van der Waals surface area contributed by atoms with Gasteiger partial charge in [-0.1, -0.05) is 0 Å². The van der Waals surface area contributed by atoms with Crippen molar-refractivity contribution in [1.82, 2.24) is 9.80 Å². The molecule has 1 aromatic rings. The predicted octanol–water partition coefficient (Wildman–Crippen LogP) is 4.87. The molecule has 0 bridgehead atoms. The fourth-order valence-corrected chi connectivity index (χ4v) is 4.09. The molecule has 2 heterocycles. The summed E-state index contributed by atoms with van der Waals surface area (Å²) in [5.41, 5.74) is 2.20. The molecular formula is C21H26F7N3O2. The number of carbonyl (C=O) groups is 1. The van der Waals surface area contributed by atoms with Crippen LogP contribution in [0.25, 0.3) is 0 Å². The van der Waals surface area contributed by atoms with Gasteiger partial charge in [0.2, 0.25) is 0 Å². The molecule has 0 aliphatic carbocycles. The summed E-state index contributed by atoms with van der Waals surface area (Å²) in [5, 5.41) is 0. The Labute approximate surface area is 187 Å². The third kappa shape index (κ3) is 6.42. The van der Waals surface area contributed by atoms with Crippen molar-refractivity contribution in [3.8, 4) is 0 Å². The summed E-state index contributed by atoms with van der Waals surface area (Å²) in [6.45, 7) is 3.95. The van der Waals surface area contributed by atoms with Crippen LogP contribution in [-0.2, 0) is 11.3 Å². The van der Waals surface area contributed by atoms with Gasteiger partial charge >= 0.3 is 18.4 Å². The number of piperazine rings is 1. The number of aryl methyl sites for hydroxylation is 1. The van der Waals surface area contributed by atoms with E-state index in [-0.39, 0.29) is 32.0 Å². The highest BCUT2D eigenvalue weighted by molar-refractivity contribution is 5.68. The molecule has 0 saturated carbocycles. The van der Waals surface area contributed by atoms with E-state index in [2.05, 4.69) is 9.64 Å². The number of benzene rings is 1. The lowest BCUT2D eigenvalue weighted by molar-refractivity contribution is -0.308. The number of alkyl halides is 6. The monoisotopic (exact) mass is 485 g/mol. The van der Waals surface area contributed by atoms with Crippen molar-refractivity contribution in [2.24, 2.45) is 0 Å². The fraction of sp³-hybridized carbons (Fsp3) is 0.667. The van der Waals surface area contributed by atoms with E-state index < -0.39 is 24.5 Å². The number of piperidine rings is 1. The molecule has 33 heavy (non-hydrogen) atoms. The topological polar surface area (TPSA) is 36.0 Å². The summed E-state index contributed by atoms with van der Waals surface area (Å²) in [4.78, 5) is 16.8. The van der Waals surface area contributed by atoms with Crippen LogP contribution >= 0.6 is 0 Å². The predicted molar refractivity (Wildman–Crippen MR) is 106 cm³/mol. The maximum Gasteiger partial charge on any atom is 0.434 e. The van der Waals surface area contributed by atoms with E-state index in [0.29, 0.717) is 12.1 Å². The number of ether oxygens (including phenoxy) is 1. The fourth-order valence-electron chi connectivity index (χ4n) is 4.09. The van der Waals surface area contributed by atoms with Crippen LogP contribution in [0.4, 0.5) is 41.2 Å². The van der Waals surface area contributed by atoms with E-state index in [0.717, 1.165) is 48.5 Å². The summed E-state index contributed by atoms with van der Waals surface area (Å²) in [6, 6.07) is 3.27. The summed E-state index contributed by atoms with van der Waals surface area (Å²) in [5.74, 6) is -0.349. The van der Waals surface area contributed by atoms with Crippen LogP contribution in [0.1, 0.15) is 30.4 Å². The van der Waals surface area contributed by atoms with Crippen LogP contribution in [0.2, 0.25) is 0 Å². The molecule has 2 aliphatic rings. The molecule has 1 aromatic carbocycles. The summed E-state index contributed by atoms with van der Waals surface area (Å²) >= 11 is 0. The molecule has 0 N–H and O–H groups in total. The maximum absolute atomic E-state index is 14.3. The van der Waals surface area contributed by atoms with Crippen LogP contribution in [0, 0.1) is 12.7 Å². The first-order valence-electron chi connectivity index (χ1n) is 10.7. The zero-order valence-electron chi connectivity index (χ0n) is 18.1. The Bertz CT molecular complexity index is 816. The molecule has 1 amide bonds. The van der Waals surface area contributed by atoms with Gasteiger partial charge in [-0.25, -0.2) is 9.18 Å². The van der Waals surface area contributed by atoms with Crippen LogP contribution in [0.5, 0.6) is 0 Å². The van der Waals surface area contributed by atoms with Crippen molar-refractivity contribution in [1.29, 1.82) is 0 Å². The third-order valence-electron chi connectivity index (χ3n) is 5.89. The average molecular weight is 485 g/mol. The van der Waals surface area contributed by atoms with Crippen molar-refractivity contribution >= 4 is 11.8 Å². The summed E-state index contributed by atoms with van der Waals surface area (Å²) in [7, 11) is 0. The zero-order valence-corrected chi connectivity index (χ0v) is 18.1. The minimum absolute atomic E-state index is 0.103. The molecule has 5 nitrogen and oxygen atoms in total. The molecule has 12 heteroatoms. The second kappa shape index (κ2) is 9.94. The van der Waals surface area contributed by atoms with Crippen molar-refractivity contribution in [2.45, 2.75) is 51.2 Å². The number of amides is 1. The lowest BCUT2D eigenvalue weighted by Crippen LogP contribution is -2.52. The molecule has 0 radical (unpaired) electrons. The summed E-state index contributed by atoms with van der Waals surface area (Å²) < 4.78 is 93.9. The Morgan fingerprint density at radius 1 is 0.939 bits per heavy atom. The van der Waals surface area contributed by atoms with E-state index >= 15 is 0 Å². The van der Waals surface area contributed by atoms with Gasteiger partial charge in [0.05, 0.1) is 0 Å². The van der Waals surface area contributed by atoms with E-state index in [1.165, 1.54) is 6.07 Å². The number of nitrogens with zero attached hydrogens (tertiary/aromatic N) is 3. The second-order valence-electron chi connectivity index (χ2n) is 8.39. The van der Waals surface area contributed by atoms with Crippen molar-refractivity contribution < 1.29 is 40.3 Å². The van der Waals surface area contributed by atoms with Gasteiger partial charge < -0.3 is 14.5 Å². The standard InChI is InChI=1S/C21H26F7N3O2/c1-14-11-17(30-5-3-2-4-6-30)15(12-16(14)22)13-29-7-9-31(10-8-29)19(32)33-18(20(23,24)25)21(26,27)28/h11-12,18H,2-10,13H2,1H3. The molecule has 3 rings (SSSR count). The van der Waals surface area contributed by atoms with Gasteiger partial charge in [-0.2, -0.15) is 26.3 Å². The van der Waals surface area contributed by atoms with E-state index in [1.807, 2.05) is 4.90 Å². The van der Waals surface area contributed by atoms with Gasteiger partial charge in [0.25, 0.3) is 6.10 Å². The highest BCUT2D eigenvalue weighted by atomic mass is 19.4. The van der Waals surface area contributed by atoms with Crippen molar-refractivity contribution in [3.63, 3.8) is 0 Å². The molecule has 0 spiro atoms. The van der Waals surface area contributed by atoms with Crippen LogP contribution in [0.15, 0.2) is 12.1 Å². The lowest BCUT2D eigenvalue weighted by Gasteiger charge is -2.36. The number of anilines is 1. The van der Waals surface area contributed by atoms with Gasteiger partial charge in [-0.15, -0.1) is 0 Å². The highest BCUT2D eigenvalue weighted by Gasteiger charge is 2.60. The van der Waals surface area contributed by atoms with Crippen LogP contribution < -0.4 is 4.90 Å². The zero-order chi connectivity index (χ0) is 24.4. The molecule has 2 saturated heterocycles. The molecule has 0 unspecified atom stereocenters. The Hall–Kier alpha value is -2.24. The van der Waals surface area contributed by atoms with Crippen LogP contribution in [0.3, 0.4) is 0 Å². The lowest BCUT2D eigenvalue weighted by atomic mass is 10.0. The highest BCUT2D eigenvalue weighted by Crippen LogP contribution is 2.36. The minimum Gasteiger partial charge on any atom is -0.426 e. The average Bonchev–Trinajstić information content (AvgIpc) is 2.74. The van der Waals surface area contributed by atoms with E-state index in [1.54, 1.807) is 13.0 Å². The number of hydrogen-bond acceptors (Lipinski definition) is 4. The molecule has 2 fully saturated rings. The molecule has 186 valence electrons. The Morgan fingerprint density at radius 2 is 1.52 bits per heavy atom. The van der Waals surface area contributed by atoms with E-state index in [9.17, 15) is 35.5 Å². The second-order valence-corrected chi connectivity index (χ2v) is 8.39. The van der Waals surface area contributed by atoms with Crippen molar-refractivity contribution in [2.75, 3.05) is 44.2 Å². The van der Waals surface area contributed by atoms with Crippen LogP contribution in [-0.4, -0.2) is 73.6 Å². The minimum atomic E-state index is -5.75. The number of hydrogen-bond donors (Lipinski definition) is 0. The van der Waals surface area contributed by atoms with Gasteiger partial charge in [0.15, 0.2) is 0 Å². The Kier molecular flexibility index (Phi) is 7.65. The number of halogens is 7. The van der Waals surface area contributed by atoms with Gasteiger partial charge in [-0.3, -0.25) is 4.90 Å². The summed E-state index contributed by atoms with van der Waals surface area (Å²) in [6.07, 6.45) is -14.1. The van der Waals surface area contributed by atoms with Gasteiger partial charge in [0, 0.05) is 51.5 Å². The SMILES string of the molecule is Cc1cc(N2CCCCC2)c(CN2CCN(C(=O)OC(C(F)(F)F)C(F)(F)F)CC2)cc1F.